The molecule has 2 amide bonds. The Balaban J connectivity index is 3.06. The minimum atomic E-state index is -0.629. The van der Waals surface area contributed by atoms with Gasteiger partial charge in [-0.25, -0.2) is 4.79 Å². The summed E-state index contributed by atoms with van der Waals surface area (Å²) in [6, 6.07) is -0.846. The van der Waals surface area contributed by atoms with Crippen molar-refractivity contribution in [2.75, 3.05) is 13.6 Å². The van der Waals surface area contributed by atoms with E-state index in [0.29, 0.717) is 5.57 Å². The second kappa shape index (κ2) is 13.1. The highest BCUT2D eigenvalue weighted by atomic mass is 16.5. The van der Waals surface area contributed by atoms with Gasteiger partial charge in [0.2, 0.25) is 11.8 Å². The van der Waals surface area contributed by atoms with Crippen molar-refractivity contribution in [3.05, 3.63) is 11.6 Å². The molecule has 33 heavy (non-hydrogen) atoms. The lowest BCUT2D eigenvalue weighted by atomic mass is 9.95. The Labute approximate surface area is 201 Å². The molecule has 0 aromatic rings. The third-order valence-electron chi connectivity index (χ3n) is 6.30. The van der Waals surface area contributed by atoms with Gasteiger partial charge in [0.05, 0.1) is 18.2 Å². The van der Waals surface area contributed by atoms with Crippen molar-refractivity contribution in [3.8, 4) is 0 Å². The van der Waals surface area contributed by atoms with Crippen molar-refractivity contribution >= 4 is 17.8 Å². The number of amides is 2. The molecule has 190 valence electrons. The van der Waals surface area contributed by atoms with Crippen LogP contribution in [0, 0.1) is 11.8 Å². The van der Waals surface area contributed by atoms with E-state index in [1.165, 1.54) is 0 Å². The third-order valence-corrected chi connectivity index (χ3v) is 6.30. The van der Waals surface area contributed by atoms with Gasteiger partial charge in [-0.2, -0.15) is 0 Å². The van der Waals surface area contributed by atoms with Crippen LogP contribution in [0.3, 0.4) is 0 Å². The van der Waals surface area contributed by atoms with Crippen molar-refractivity contribution in [2.24, 2.45) is 11.8 Å². The summed E-state index contributed by atoms with van der Waals surface area (Å²) in [5.41, 5.74) is 0.474. The second-order valence-corrected chi connectivity index (χ2v) is 10.6. The highest BCUT2D eigenvalue weighted by molar-refractivity contribution is 5.91. The molecule has 0 bridgehead atoms. The van der Waals surface area contributed by atoms with Gasteiger partial charge in [0.1, 0.15) is 6.04 Å². The van der Waals surface area contributed by atoms with Crippen molar-refractivity contribution in [1.82, 2.24) is 15.1 Å². The standard InChI is InChI=1S/C26H47N3O4/c1-16(2)22(15-20(9)26(32)33-19(7)8)28(10)25(31)23(17(3)4)27-24(30)21-13-11-12-14-29(21)18(5)6/h15-19,21-23H,11-14H2,1-10H3,(H,27,30)/b20-15+/t21-,22-,23+/m1/s1. The molecule has 0 aromatic carbocycles. The Morgan fingerprint density at radius 2 is 1.61 bits per heavy atom. The molecular weight excluding hydrogens is 418 g/mol. The summed E-state index contributed by atoms with van der Waals surface area (Å²) in [6.45, 7) is 18.4. The number of hydrogen-bond acceptors (Lipinski definition) is 5. The normalized spacial score (nSPS) is 19.7. The zero-order valence-corrected chi connectivity index (χ0v) is 22.5. The van der Waals surface area contributed by atoms with Gasteiger partial charge in [0.15, 0.2) is 0 Å². The monoisotopic (exact) mass is 465 g/mol. The quantitative estimate of drug-likeness (QED) is 0.392. The van der Waals surface area contributed by atoms with Crippen molar-refractivity contribution < 1.29 is 19.1 Å². The Bertz CT molecular complexity index is 700. The number of piperidine rings is 1. The van der Waals surface area contributed by atoms with Gasteiger partial charge in [-0.15, -0.1) is 0 Å². The summed E-state index contributed by atoms with van der Waals surface area (Å²) in [5, 5.41) is 3.06. The van der Waals surface area contributed by atoms with E-state index in [-0.39, 0.29) is 53.8 Å². The zero-order chi connectivity index (χ0) is 25.5. The molecule has 7 heteroatoms. The van der Waals surface area contributed by atoms with Crippen LogP contribution < -0.4 is 5.32 Å². The summed E-state index contributed by atoms with van der Waals surface area (Å²) >= 11 is 0. The summed E-state index contributed by atoms with van der Waals surface area (Å²) in [7, 11) is 1.74. The van der Waals surface area contributed by atoms with Crippen LogP contribution in [-0.4, -0.2) is 71.4 Å². The van der Waals surface area contributed by atoms with Gasteiger partial charge in [0, 0.05) is 18.7 Å². The van der Waals surface area contributed by atoms with Crippen LogP contribution in [0.15, 0.2) is 11.6 Å². The lowest BCUT2D eigenvalue weighted by molar-refractivity contribution is -0.143. The maximum absolute atomic E-state index is 13.5. The second-order valence-electron chi connectivity index (χ2n) is 10.6. The van der Waals surface area contributed by atoms with Crippen molar-refractivity contribution in [2.45, 2.75) is 112 Å². The summed E-state index contributed by atoms with van der Waals surface area (Å²) in [5.74, 6) is -0.582. The van der Waals surface area contributed by atoms with E-state index in [1.54, 1.807) is 24.9 Å². The first kappa shape index (κ1) is 29.1. The number of carbonyl (C=O) groups is 3. The number of rotatable bonds is 10. The molecule has 0 aromatic heterocycles. The average molecular weight is 466 g/mol. The van der Waals surface area contributed by atoms with Crippen LogP contribution in [0.1, 0.15) is 81.6 Å². The van der Waals surface area contributed by atoms with E-state index in [4.69, 9.17) is 4.74 Å². The molecule has 1 fully saturated rings. The fraction of sp³-hybridized carbons (Fsp3) is 0.808. The molecule has 1 N–H and O–H groups in total. The number of nitrogens with zero attached hydrogens (tertiary/aromatic N) is 2. The highest BCUT2D eigenvalue weighted by Crippen LogP contribution is 2.21. The SMILES string of the molecule is C/C(=C\[C@H](C(C)C)N(C)C(=O)[C@@H](NC(=O)[C@H]1CCCCN1C(C)C)C(C)C)C(=O)OC(C)C. The summed E-state index contributed by atoms with van der Waals surface area (Å²) < 4.78 is 5.30. The number of esters is 1. The fourth-order valence-corrected chi connectivity index (χ4v) is 4.37. The number of carbonyl (C=O) groups excluding carboxylic acids is 3. The van der Waals surface area contributed by atoms with Gasteiger partial charge in [0.25, 0.3) is 0 Å². The molecule has 1 aliphatic heterocycles. The van der Waals surface area contributed by atoms with E-state index < -0.39 is 6.04 Å². The lowest BCUT2D eigenvalue weighted by Gasteiger charge is -2.39. The first-order valence-corrected chi connectivity index (χ1v) is 12.5. The summed E-state index contributed by atoms with van der Waals surface area (Å²) in [6.07, 6.45) is 4.52. The maximum atomic E-state index is 13.5. The van der Waals surface area contributed by atoms with Crippen LogP contribution in [0.4, 0.5) is 0 Å². The first-order chi connectivity index (χ1) is 15.3. The van der Waals surface area contributed by atoms with Gasteiger partial charge in [-0.3, -0.25) is 14.5 Å². The largest absolute Gasteiger partial charge is 0.460 e. The van der Waals surface area contributed by atoms with Gasteiger partial charge in [-0.05, 0) is 65.8 Å². The Hall–Kier alpha value is -1.89. The Morgan fingerprint density at radius 3 is 2.09 bits per heavy atom. The minimum Gasteiger partial charge on any atom is -0.460 e. The van der Waals surface area contributed by atoms with Crippen molar-refractivity contribution in [1.29, 1.82) is 0 Å². The number of hydrogen-bond donors (Lipinski definition) is 1. The Morgan fingerprint density at radius 1 is 1.00 bits per heavy atom. The third kappa shape index (κ3) is 8.43. The number of likely N-dealkylation sites (N-methyl/N-ethyl adjacent to an activating group) is 1. The van der Waals surface area contributed by atoms with Crippen LogP contribution in [-0.2, 0) is 19.1 Å². The first-order valence-electron chi connectivity index (χ1n) is 12.5. The van der Waals surface area contributed by atoms with E-state index in [9.17, 15) is 14.4 Å². The molecule has 0 saturated carbocycles. The van der Waals surface area contributed by atoms with Crippen LogP contribution >= 0.6 is 0 Å². The van der Waals surface area contributed by atoms with Crippen molar-refractivity contribution in [3.63, 3.8) is 0 Å². The van der Waals surface area contributed by atoms with Gasteiger partial charge >= 0.3 is 5.97 Å². The lowest BCUT2D eigenvalue weighted by Crippen LogP contribution is -2.58. The zero-order valence-electron chi connectivity index (χ0n) is 22.5. The molecule has 0 radical (unpaired) electrons. The molecule has 1 aliphatic rings. The number of nitrogens with one attached hydrogen (secondary N) is 1. The van der Waals surface area contributed by atoms with Gasteiger partial charge < -0.3 is 15.0 Å². The molecule has 3 atom stereocenters. The number of ether oxygens (including phenoxy) is 1. The molecule has 0 aliphatic carbocycles. The fourth-order valence-electron chi connectivity index (χ4n) is 4.37. The average Bonchev–Trinajstić information content (AvgIpc) is 2.73. The highest BCUT2D eigenvalue weighted by Gasteiger charge is 2.36. The van der Waals surface area contributed by atoms with E-state index in [1.807, 2.05) is 41.5 Å². The topological polar surface area (TPSA) is 79.0 Å². The molecule has 1 saturated heterocycles. The van der Waals surface area contributed by atoms with Crippen LogP contribution in [0.2, 0.25) is 0 Å². The molecule has 1 heterocycles. The molecular formula is C26H47N3O4. The molecule has 7 nitrogen and oxygen atoms in total. The van der Waals surface area contributed by atoms with Crippen LogP contribution in [0.25, 0.3) is 0 Å². The smallest absolute Gasteiger partial charge is 0.333 e. The summed E-state index contributed by atoms with van der Waals surface area (Å²) in [4.78, 5) is 43.0. The Kier molecular flexibility index (Phi) is 11.6. The van der Waals surface area contributed by atoms with E-state index >= 15 is 0 Å². The van der Waals surface area contributed by atoms with Gasteiger partial charge in [-0.1, -0.05) is 40.2 Å². The van der Waals surface area contributed by atoms with Crippen LogP contribution in [0.5, 0.6) is 0 Å². The molecule has 0 unspecified atom stereocenters. The molecule has 1 rings (SSSR count). The number of likely N-dealkylation sites (tertiary alicyclic amines) is 1. The minimum absolute atomic E-state index is 0.0659. The maximum Gasteiger partial charge on any atom is 0.333 e. The molecule has 0 spiro atoms. The predicted octanol–water partition coefficient (Wildman–Crippen LogP) is 3.77. The van der Waals surface area contributed by atoms with E-state index in [2.05, 4.69) is 24.1 Å². The van der Waals surface area contributed by atoms with E-state index in [0.717, 1.165) is 25.8 Å². The predicted molar refractivity (Wildman–Crippen MR) is 133 cm³/mol.